The number of nitrogens with one attached hydrogen (secondary N) is 1. The predicted octanol–water partition coefficient (Wildman–Crippen LogP) is 2.34. The van der Waals surface area contributed by atoms with Crippen LogP contribution in [0.4, 0.5) is 0 Å². The quantitative estimate of drug-likeness (QED) is 0.603. The van der Waals surface area contributed by atoms with Crippen LogP contribution in [0.3, 0.4) is 0 Å². The third-order valence-electron chi connectivity index (χ3n) is 7.56. The van der Waals surface area contributed by atoms with Gasteiger partial charge in [0.1, 0.15) is 18.1 Å². The normalized spacial score (nSPS) is 28.9. The molecule has 2 aliphatic heterocycles. The van der Waals surface area contributed by atoms with Gasteiger partial charge in [0.25, 0.3) is 11.8 Å². The SMILES string of the molecule is CC1=CC=C2C(C)(C)C(=O)C(OCCO)=CC23Oc2c(cc(O)c4c2C(=O)NC4=O)CC13C. The summed E-state index contributed by atoms with van der Waals surface area (Å²) in [5, 5.41) is 22.0. The lowest BCUT2D eigenvalue weighted by Crippen LogP contribution is -2.62. The van der Waals surface area contributed by atoms with E-state index in [-0.39, 0.29) is 47.4 Å². The molecule has 0 saturated heterocycles. The lowest BCUT2D eigenvalue weighted by Gasteiger charge is -2.58. The Morgan fingerprint density at radius 1 is 1.12 bits per heavy atom. The maximum atomic E-state index is 13.3. The van der Waals surface area contributed by atoms with Gasteiger partial charge in [-0.05, 0) is 44.4 Å². The summed E-state index contributed by atoms with van der Waals surface area (Å²) in [7, 11) is 0. The van der Waals surface area contributed by atoms with E-state index in [1.165, 1.54) is 6.07 Å². The number of amides is 2. The Morgan fingerprint density at radius 2 is 1.82 bits per heavy atom. The van der Waals surface area contributed by atoms with Gasteiger partial charge in [0, 0.05) is 11.5 Å². The van der Waals surface area contributed by atoms with Crippen molar-refractivity contribution in [2.45, 2.75) is 39.7 Å². The molecule has 8 nitrogen and oxygen atoms in total. The van der Waals surface area contributed by atoms with Gasteiger partial charge in [-0.3, -0.25) is 19.7 Å². The number of phenolic OH excluding ortho intramolecular Hbond substituents is 1. The van der Waals surface area contributed by atoms with E-state index in [4.69, 9.17) is 9.47 Å². The number of imide groups is 1. The second-order valence-electron chi connectivity index (χ2n) is 9.73. The number of ether oxygens (including phenoxy) is 2. The third kappa shape index (κ3) is 2.52. The molecule has 3 N–H and O–H groups in total. The number of aliphatic hydroxyl groups is 1. The third-order valence-corrected chi connectivity index (χ3v) is 7.56. The van der Waals surface area contributed by atoms with Crippen molar-refractivity contribution in [3.63, 3.8) is 0 Å². The summed E-state index contributed by atoms with van der Waals surface area (Å²) in [5.41, 5.74) is -0.680. The van der Waals surface area contributed by atoms with Crippen LogP contribution in [-0.4, -0.2) is 46.6 Å². The van der Waals surface area contributed by atoms with Crippen molar-refractivity contribution >= 4 is 17.6 Å². The zero-order valence-corrected chi connectivity index (χ0v) is 18.9. The van der Waals surface area contributed by atoms with Crippen LogP contribution in [-0.2, 0) is 16.0 Å². The molecule has 1 spiro atoms. The molecular weight excluding hydrogens is 426 g/mol. The average molecular weight is 451 g/mol. The Kier molecular flexibility index (Phi) is 4.27. The van der Waals surface area contributed by atoms with Crippen molar-refractivity contribution in [2.24, 2.45) is 10.8 Å². The molecule has 2 amide bonds. The van der Waals surface area contributed by atoms with Crippen LogP contribution in [0.15, 0.2) is 41.2 Å². The van der Waals surface area contributed by atoms with Gasteiger partial charge in [0.15, 0.2) is 11.4 Å². The number of allylic oxidation sites excluding steroid dienone is 3. The molecule has 8 heteroatoms. The van der Waals surface area contributed by atoms with Crippen LogP contribution >= 0.6 is 0 Å². The molecule has 1 aromatic rings. The molecule has 0 bridgehead atoms. The van der Waals surface area contributed by atoms with Gasteiger partial charge in [0.2, 0.25) is 5.78 Å². The predicted molar refractivity (Wildman–Crippen MR) is 117 cm³/mol. The first-order chi connectivity index (χ1) is 15.5. The van der Waals surface area contributed by atoms with Crippen molar-refractivity contribution in [2.75, 3.05) is 13.2 Å². The smallest absolute Gasteiger partial charge is 0.262 e. The van der Waals surface area contributed by atoms with E-state index in [2.05, 4.69) is 5.32 Å². The molecule has 2 heterocycles. The second-order valence-corrected chi connectivity index (χ2v) is 9.73. The van der Waals surface area contributed by atoms with Gasteiger partial charge in [-0.15, -0.1) is 0 Å². The largest absolute Gasteiger partial charge is 0.507 e. The van der Waals surface area contributed by atoms with E-state index in [0.29, 0.717) is 17.6 Å². The summed E-state index contributed by atoms with van der Waals surface area (Å²) in [6.07, 6.45) is 5.88. The molecule has 172 valence electrons. The van der Waals surface area contributed by atoms with E-state index in [0.717, 1.165) is 5.57 Å². The summed E-state index contributed by atoms with van der Waals surface area (Å²) >= 11 is 0. The van der Waals surface area contributed by atoms with Gasteiger partial charge in [-0.2, -0.15) is 0 Å². The number of benzene rings is 1. The number of ketones is 1. The van der Waals surface area contributed by atoms with Crippen LogP contribution in [0.5, 0.6) is 11.5 Å². The number of hydrogen-bond acceptors (Lipinski definition) is 7. The lowest BCUT2D eigenvalue weighted by molar-refractivity contribution is -0.129. The molecule has 2 atom stereocenters. The van der Waals surface area contributed by atoms with Gasteiger partial charge in [-0.1, -0.05) is 24.6 Å². The molecule has 0 radical (unpaired) electrons. The lowest BCUT2D eigenvalue weighted by atomic mass is 9.52. The Labute approximate surface area is 190 Å². The van der Waals surface area contributed by atoms with Crippen LogP contribution < -0.4 is 10.1 Å². The highest BCUT2D eigenvalue weighted by atomic mass is 16.5. The minimum Gasteiger partial charge on any atom is -0.507 e. The van der Waals surface area contributed by atoms with Crippen molar-refractivity contribution in [3.8, 4) is 11.5 Å². The van der Waals surface area contributed by atoms with Crippen molar-refractivity contribution < 1.29 is 34.1 Å². The van der Waals surface area contributed by atoms with E-state index >= 15 is 0 Å². The average Bonchev–Trinajstić information content (AvgIpc) is 3.05. The number of phenols is 1. The molecule has 1 aromatic carbocycles. The molecule has 33 heavy (non-hydrogen) atoms. The van der Waals surface area contributed by atoms with Gasteiger partial charge in [-0.25, -0.2) is 0 Å². The molecular formula is C25H25NO7. The number of aromatic hydroxyl groups is 1. The standard InChI is InChI=1S/C25H25NO7/c1-12-5-6-16-23(2,3)20(29)15(32-8-7-27)11-25(16)24(12,4)10-13-9-14(28)17-18(19(13)33-25)22(31)26-21(17)30/h5-6,9,11,27-28H,7-8,10H2,1-4H3,(H,26,30,31). The minimum absolute atomic E-state index is 0.00101. The van der Waals surface area contributed by atoms with Crippen molar-refractivity contribution in [1.82, 2.24) is 5.32 Å². The first kappa shape index (κ1) is 21.5. The summed E-state index contributed by atoms with van der Waals surface area (Å²) < 4.78 is 12.4. The van der Waals surface area contributed by atoms with Crippen LogP contribution in [0, 0.1) is 10.8 Å². The monoisotopic (exact) mass is 451 g/mol. The van der Waals surface area contributed by atoms with Crippen molar-refractivity contribution in [3.05, 3.63) is 57.9 Å². The second kappa shape index (κ2) is 6.57. The fourth-order valence-corrected chi connectivity index (χ4v) is 5.60. The van der Waals surface area contributed by atoms with E-state index in [9.17, 15) is 24.6 Å². The van der Waals surface area contributed by atoms with E-state index in [1.54, 1.807) is 19.9 Å². The van der Waals surface area contributed by atoms with Gasteiger partial charge >= 0.3 is 0 Å². The first-order valence-corrected chi connectivity index (χ1v) is 10.8. The molecule has 0 aromatic heterocycles. The van der Waals surface area contributed by atoms with Crippen LogP contribution in [0.25, 0.3) is 0 Å². The fraction of sp³-hybridized carbons (Fsp3) is 0.400. The topological polar surface area (TPSA) is 122 Å². The Balaban J connectivity index is 1.82. The number of hydrogen-bond donors (Lipinski definition) is 3. The highest BCUT2D eigenvalue weighted by Gasteiger charge is 2.64. The van der Waals surface area contributed by atoms with Crippen molar-refractivity contribution in [1.29, 1.82) is 0 Å². The minimum atomic E-state index is -1.18. The highest BCUT2D eigenvalue weighted by molar-refractivity contribution is 6.24. The zero-order valence-electron chi connectivity index (χ0n) is 18.9. The number of fused-ring (bicyclic) bond motifs is 3. The van der Waals surface area contributed by atoms with E-state index in [1.807, 2.05) is 26.0 Å². The molecule has 2 aliphatic carbocycles. The zero-order chi connectivity index (χ0) is 23.9. The molecule has 0 fully saturated rings. The summed E-state index contributed by atoms with van der Waals surface area (Å²) in [5.74, 6) is -1.52. The number of carbonyl (C=O) groups is 3. The van der Waals surface area contributed by atoms with Gasteiger partial charge < -0.3 is 19.7 Å². The Hall–Kier alpha value is -3.39. The Bertz CT molecular complexity index is 1250. The number of Topliss-reactive ketones (excluding diaryl/α,β-unsaturated/α-hetero) is 1. The first-order valence-electron chi connectivity index (χ1n) is 10.8. The molecule has 2 unspecified atom stereocenters. The maximum Gasteiger partial charge on any atom is 0.262 e. The molecule has 4 aliphatic rings. The molecule has 0 saturated carbocycles. The summed E-state index contributed by atoms with van der Waals surface area (Å²) in [4.78, 5) is 38.3. The van der Waals surface area contributed by atoms with Crippen LogP contribution in [0.2, 0.25) is 0 Å². The summed E-state index contributed by atoms with van der Waals surface area (Å²) in [6, 6.07) is 1.47. The number of rotatable bonds is 3. The maximum absolute atomic E-state index is 13.3. The van der Waals surface area contributed by atoms with E-state index < -0.39 is 28.2 Å². The van der Waals surface area contributed by atoms with Gasteiger partial charge in [0.05, 0.1) is 23.1 Å². The Morgan fingerprint density at radius 3 is 2.52 bits per heavy atom. The number of aliphatic hydroxyl groups excluding tert-OH is 1. The number of carbonyl (C=O) groups excluding carboxylic acids is 3. The highest BCUT2D eigenvalue weighted by Crippen LogP contribution is 2.62. The van der Waals surface area contributed by atoms with Crippen LogP contribution in [0.1, 0.15) is 54.0 Å². The summed E-state index contributed by atoms with van der Waals surface area (Å²) in [6.45, 7) is 7.27. The fourth-order valence-electron chi connectivity index (χ4n) is 5.60. The molecule has 5 rings (SSSR count).